The minimum Gasteiger partial charge on any atom is -0.462 e. The van der Waals surface area contributed by atoms with Crippen molar-refractivity contribution < 1.29 is 28.6 Å². The molecular weight excluding hydrogens is 805 g/mol. The zero-order chi connectivity index (χ0) is 47.2. The molecule has 6 heteroatoms. The second-order valence-electron chi connectivity index (χ2n) is 17.4. The molecule has 0 aliphatic rings. The molecule has 0 aliphatic carbocycles. The number of carbonyl (C=O) groups is 3. The van der Waals surface area contributed by atoms with E-state index in [9.17, 15) is 14.4 Å². The van der Waals surface area contributed by atoms with Crippen molar-refractivity contribution >= 4 is 17.9 Å². The van der Waals surface area contributed by atoms with Gasteiger partial charge in [0.25, 0.3) is 0 Å². The van der Waals surface area contributed by atoms with E-state index in [1.54, 1.807) is 0 Å². The van der Waals surface area contributed by atoms with Crippen LogP contribution in [0.2, 0.25) is 0 Å². The number of rotatable bonds is 47. The van der Waals surface area contributed by atoms with Crippen molar-refractivity contribution in [1.82, 2.24) is 0 Å². The molecule has 0 aromatic heterocycles. The Bertz CT molecular complexity index is 1310. The van der Waals surface area contributed by atoms with Gasteiger partial charge < -0.3 is 14.2 Å². The molecule has 0 fully saturated rings. The van der Waals surface area contributed by atoms with E-state index in [0.29, 0.717) is 19.3 Å². The molecule has 1 atom stereocenters. The van der Waals surface area contributed by atoms with Crippen molar-refractivity contribution in [3.05, 3.63) is 97.2 Å². The van der Waals surface area contributed by atoms with Crippen molar-refractivity contribution in [2.24, 2.45) is 0 Å². The van der Waals surface area contributed by atoms with E-state index in [2.05, 4.69) is 118 Å². The number of hydrogen-bond donors (Lipinski definition) is 0. The van der Waals surface area contributed by atoms with E-state index in [1.165, 1.54) is 64.2 Å². The third kappa shape index (κ3) is 51.2. The Morgan fingerprint density at radius 3 is 0.969 bits per heavy atom. The smallest absolute Gasteiger partial charge is 0.306 e. The highest BCUT2D eigenvalue weighted by atomic mass is 16.6. The summed E-state index contributed by atoms with van der Waals surface area (Å²) < 4.78 is 16.7. The standard InChI is InChI=1S/C59H98O6/c1-4-7-10-13-16-19-21-23-25-26-27-28-29-30-31-32-34-35-37-40-43-46-49-52-58(61)64-55-56(54-63-57(60)51-48-45-42-39-18-15-12-9-6-3)65-59(62)53-50-47-44-41-38-36-33-24-22-20-17-14-11-8-5-2/h7,10,16-17,19-20,23-25,27-28,30-31,33-35,56H,4-6,8-9,11-15,18,21-22,26,29,32,36-55H2,1-3H3/b10-7-,19-16-,20-17-,25-23-,28-27-,31-30-,33-24-,35-34-. The van der Waals surface area contributed by atoms with E-state index < -0.39 is 6.10 Å². The molecule has 6 nitrogen and oxygen atoms in total. The number of ether oxygens (including phenoxy) is 3. The minimum absolute atomic E-state index is 0.0912. The predicted molar refractivity (Wildman–Crippen MR) is 279 cm³/mol. The number of esters is 3. The minimum atomic E-state index is -0.794. The van der Waals surface area contributed by atoms with E-state index in [4.69, 9.17) is 14.2 Å². The maximum Gasteiger partial charge on any atom is 0.306 e. The van der Waals surface area contributed by atoms with Crippen molar-refractivity contribution in [2.75, 3.05) is 13.2 Å². The van der Waals surface area contributed by atoms with E-state index in [0.717, 1.165) is 135 Å². The number of carbonyl (C=O) groups excluding carboxylic acids is 3. The molecule has 0 saturated heterocycles. The summed E-state index contributed by atoms with van der Waals surface area (Å²) in [5, 5.41) is 0. The fraction of sp³-hybridized carbons (Fsp3) is 0.678. The van der Waals surface area contributed by atoms with Crippen molar-refractivity contribution in [2.45, 2.75) is 245 Å². The Labute approximate surface area is 400 Å². The van der Waals surface area contributed by atoms with Crippen LogP contribution in [0.4, 0.5) is 0 Å². The Hall–Kier alpha value is -3.67. The lowest BCUT2D eigenvalue weighted by molar-refractivity contribution is -0.167. The summed E-state index contributed by atoms with van der Waals surface area (Å²) in [6, 6.07) is 0. The van der Waals surface area contributed by atoms with Gasteiger partial charge >= 0.3 is 17.9 Å². The first-order valence-electron chi connectivity index (χ1n) is 26.7. The Balaban J connectivity index is 4.38. The van der Waals surface area contributed by atoms with Crippen LogP contribution in [0, 0.1) is 0 Å². The second-order valence-corrected chi connectivity index (χ2v) is 17.4. The molecule has 0 amide bonds. The third-order valence-corrected chi connectivity index (χ3v) is 11.1. The van der Waals surface area contributed by atoms with Gasteiger partial charge in [0.2, 0.25) is 0 Å². The van der Waals surface area contributed by atoms with Gasteiger partial charge in [0, 0.05) is 19.3 Å². The molecular formula is C59H98O6. The molecule has 0 radical (unpaired) electrons. The molecule has 370 valence electrons. The van der Waals surface area contributed by atoms with Crippen molar-refractivity contribution in [1.29, 1.82) is 0 Å². The summed E-state index contributed by atoms with van der Waals surface area (Å²) in [4.78, 5) is 37.9. The molecule has 0 N–H and O–H groups in total. The Morgan fingerprint density at radius 2 is 0.600 bits per heavy atom. The first kappa shape index (κ1) is 61.3. The summed E-state index contributed by atoms with van der Waals surface area (Å²) >= 11 is 0. The molecule has 0 aromatic carbocycles. The Morgan fingerprint density at radius 1 is 0.323 bits per heavy atom. The summed E-state index contributed by atoms with van der Waals surface area (Å²) in [5.74, 6) is -0.936. The number of unbranched alkanes of at least 4 members (excludes halogenated alkanes) is 20. The highest BCUT2D eigenvalue weighted by Gasteiger charge is 2.19. The largest absolute Gasteiger partial charge is 0.462 e. The van der Waals surface area contributed by atoms with Crippen LogP contribution in [0.25, 0.3) is 0 Å². The van der Waals surface area contributed by atoms with Crippen molar-refractivity contribution in [3.63, 3.8) is 0 Å². The summed E-state index contributed by atoms with van der Waals surface area (Å²) in [5.41, 5.74) is 0. The zero-order valence-electron chi connectivity index (χ0n) is 42.2. The Kier molecular flexibility index (Phi) is 50.0. The molecule has 0 heterocycles. The fourth-order valence-corrected chi connectivity index (χ4v) is 7.06. The van der Waals surface area contributed by atoms with Crippen LogP contribution < -0.4 is 0 Å². The molecule has 0 aromatic rings. The topological polar surface area (TPSA) is 78.9 Å². The predicted octanol–water partition coefficient (Wildman–Crippen LogP) is 17.8. The summed E-state index contributed by atoms with van der Waals surface area (Å²) in [6.07, 6.45) is 69.7. The van der Waals surface area contributed by atoms with E-state index in [1.807, 2.05) is 0 Å². The summed E-state index contributed by atoms with van der Waals surface area (Å²) in [6.45, 7) is 6.44. The van der Waals surface area contributed by atoms with E-state index >= 15 is 0 Å². The van der Waals surface area contributed by atoms with Gasteiger partial charge in [-0.3, -0.25) is 14.4 Å². The third-order valence-electron chi connectivity index (χ3n) is 11.1. The van der Waals surface area contributed by atoms with Gasteiger partial charge in [-0.15, -0.1) is 0 Å². The van der Waals surface area contributed by atoms with E-state index in [-0.39, 0.29) is 31.1 Å². The van der Waals surface area contributed by atoms with Gasteiger partial charge in [-0.05, 0) is 103 Å². The lowest BCUT2D eigenvalue weighted by Gasteiger charge is -2.18. The van der Waals surface area contributed by atoms with Crippen LogP contribution in [0.3, 0.4) is 0 Å². The zero-order valence-corrected chi connectivity index (χ0v) is 42.2. The SMILES string of the molecule is CC/C=C\C/C=C\C/C=C\C/C=C\C/C=C\C/C=C\CCCCCCC(=O)OCC(COC(=O)CCCCCCCCCCC)OC(=O)CCCCCCC/C=C\C/C=C\CCCCC. The van der Waals surface area contributed by atoms with Gasteiger partial charge in [0.15, 0.2) is 6.10 Å². The number of hydrogen-bond acceptors (Lipinski definition) is 6. The molecule has 0 aliphatic heterocycles. The lowest BCUT2D eigenvalue weighted by atomic mass is 10.1. The van der Waals surface area contributed by atoms with Crippen LogP contribution in [0.15, 0.2) is 97.2 Å². The first-order chi connectivity index (χ1) is 32.0. The van der Waals surface area contributed by atoms with Crippen LogP contribution in [-0.2, 0) is 28.6 Å². The molecule has 0 saturated carbocycles. The van der Waals surface area contributed by atoms with Crippen LogP contribution in [0.5, 0.6) is 0 Å². The van der Waals surface area contributed by atoms with Crippen LogP contribution in [-0.4, -0.2) is 37.2 Å². The molecule has 0 bridgehead atoms. The van der Waals surface area contributed by atoms with Crippen LogP contribution >= 0.6 is 0 Å². The van der Waals surface area contributed by atoms with Gasteiger partial charge in [0.05, 0.1) is 0 Å². The van der Waals surface area contributed by atoms with Crippen molar-refractivity contribution in [3.8, 4) is 0 Å². The van der Waals surface area contributed by atoms with Gasteiger partial charge in [-0.1, -0.05) is 214 Å². The average molecular weight is 903 g/mol. The average Bonchev–Trinajstić information content (AvgIpc) is 3.30. The number of allylic oxidation sites excluding steroid dienone is 16. The normalized spacial score (nSPS) is 12.8. The molecule has 65 heavy (non-hydrogen) atoms. The maximum atomic E-state index is 12.8. The molecule has 1 unspecified atom stereocenters. The highest BCUT2D eigenvalue weighted by molar-refractivity contribution is 5.71. The monoisotopic (exact) mass is 903 g/mol. The van der Waals surface area contributed by atoms with Gasteiger partial charge in [0.1, 0.15) is 13.2 Å². The summed E-state index contributed by atoms with van der Waals surface area (Å²) in [7, 11) is 0. The second kappa shape index (κ2) is 52.9. The lowest BCUT2D eigenvalue weighted by Crippen LogP contribution is -2.30. The molecule has 0 rings (SSSR count). The maximum absolute atomic E-state index is 12.8. The quantitative estimate of drug-likeness (QED) is 0.0262. The van der Waals surface area contributed by atoms with Gasteiger partial charge in [-0.2, -0.15) is 0 Å². The fourth-order valence-electron chi connectivity index (χ4n) is 7.06. The highest BCUT2D eigenvalue weighted by Crippen LogP contribution is 2.13. The van der Waals surface area contributed by atoms with Crippen LogP contribution in [0.1, 0.15) is 239 Å². The first-order valence-corrected chi connectivity index (χ1v) is 26.7. The van der Waals surface area contributed by atoms with Gasteiger partial charge in [-0.25, -0.2) is 0 Å². The molecule has 0 spiro atoms.